The molecule has 30 heavy (non-hydrogen) atoms. The van der Waals surface area contributed by atoms with Gasteiger partial charge in [0.2, 0.25) is 0 Å². The van der Waals surface area contributed by atoms with Crippen molar-refractivity contribution in [2.24, 2.45) is 0 Å². The van der Waals surface area contributed by atoms with Gasteiger partial charge in [0.25, 0.3) is 0 Å². The van der Waals surface area contributed by atoms with Gasteiger partial charge < -0.3 is 5.32 Å². The Bertz CT molecular complexity index is 1120. The molecule has 0 unspecified atom stereocenters. The maximum atomic E-state index is 12.6. The Hall–Kier alpha value is -3.13. The highest BCUT2D eigenvalue weighted by molar-refractivity contribution is 7.91. The van der Waals surface area contributed by atoms with Crippen LogP contribution in [0.4, 0.5) is 16.3 Å². The summed E-state index contributed by atoms with van der Waals surface area (Å²) in [5, 5.41) is 9.79. The normalized spacial score (nSPS) is 11.5. The molecular formula is C22H26N4O3S. The second-order valence-electron chi connectivity index (χ2n) is 7.25. The van der Waals surface area contributed by atoms with E-state index in [2.05, 4.69) is 15.7 Å². The Balaban J connectivity index is 1.92. The Morgan fingerprint density at radius 1 is 1.07 bits per heavy atom. The molecule has 1 aromatic heterocycles. The molecule has 0 atom stereocenters. The molecule has 3 rings (SSSR count). The van der Waals surface area contributed by atoms with Crippen LogP contribution in [0.1, 0.15) is 33.2 Å². The minimum atomic E-state index is -3.42. The number of benzene rings is 2. The zero-order valence-electron chi connectivity index (χ0n) is 17.3. The summed E-state index contributed by atoms with van der Waals surface area (Å²) in [6.45, 7) is 5.80. The Morgan fingerprint density at radius 3 is 2.43 bits per heavy atom. The van der Waals surface area contributed by atoms with E-state index in [1.54, 1.807) is 29.1 Å². The summed E-state index contributed by atoms with van der Waals surface area (Å²) in [4.78, 5) is 12.8. The zero-order valence-corrected chi connectivity index (χ0v) is 18.1. The minimum absolute atomic E-state index is 0.0515. The van der Waals surface area contributed by atoms with Crippen molar-refractivity contribution in [1.82, 2.24) is 9.78 Å². The third kappa shape index (κ3) is 5.07. The molecule has 2 aromatic carbocycles. The first-order valence-corrected chi connectivity index (χ1v) is 11.5. The smallest absolute Gasteiger partial charge is 0.307 e. The molecule has 2 N–H and O–H groups in total. The summed E-state index contributed by atoms with van der Waals surface area (Å²) in [5.74, 6) is 0.466. The molecule has 0 aliphatic heterocycles. The van der Waals surface area contributed by atoms with Gasteiger partial charge in [-0.1, -0.05) is 43.3 Å². The van der Waals surface area contributed by atoms with E-state index in [1.165, 1.54) is 6.07 Å². The predicted octanol–water partition coefficient (Wildman–Crippen LogP) is 4.96. The number of nitrogens with zero attached hydrogens (tertiary/aromatic N) is 2. The van der Waals surface area contributed by atoms with Crippen LogP contribution in [0, 0.1) is 0 Å². The predicted molar refractivity (Wildman–Crippen MR) is 119 cm³/mol. The molecule has 0 aliphatic rings. The Labute approximate surface area is 177 Å². The molecule has 3 aromatic rings. The van der Waals surface area contributed by atoms with Crippen LogP contribution in [-0.4, -0.2) is 30.0 Å². The fourth-order valence-electron chi connectivity index (χ4n) is 3.04. The standard InChI is InChI=1S/C22H26N4O3S/c1-4-14-30(28,29)18-10-11-19(17-8-6-5-7-9-17)20(15-18)23-22(27)24-21-12-13-26(25-21)16(2)3/h5-13,15-16H,4,14H2,1-3H3,(H2,23,24,25,27). The van der Waals surface area contributed by atoms with E-state index >= 15 is 0 Å². The van der Waals surface area contributed by atoms with Crippen molar-refractivity contribution in [2.75, 3.05) is 16.4 Å². The fourth-order valence-corrected chi connectivity index (χ4v) is 4.38. The van der Waals surface area contributed by atoms with E-state index in [1.807, 2.05) is 51.1 Å². The highest BCUT2D eigenvalue weighted by Crippen LogP contribution is 2.31. The summed E-state index contributed by atoms with van der Waals surface area (Å²) in [6, 6.07) is 15.7. The number of nitrogens with one attached hydrogen (secondary N) is 2. The lowest BCUT2D eigenvalue weighted by molar-refractivity contribution is 0.262. The molecule has 0 bridgehead atoms. The van der Waals surface area contributed by atoms with Crippen LogP contribution >= 0.6 is 0 Å². The van der Waals surface area contributed by atoms with Crippen LogP contribution in [0.25, 0.3) is 11.1 Å². The maximum absolute atomic E-state index is 12.6. The van der Waals surface area contributed by atoms with Crippen molar-refractivity contribution in [1.29, 1.82) is 0 Å². The largest absolute Gasteiger partial charge is 0.324 e. The summed E-state index contributed by atoms with van der Waals surface area (Å²) in [7, 11) is -3.42. The molecule has 0 saturated heterocycles. The number of urea groups is 1. The molecule has 1 heterocycles. The van der Waals surface area contributed by atoms with Crippen molar-refractivity contribution >= 4 is 27.4 Å². The van der Waals surface area contributed by atoms with E-state index in [4.69, 9.17) is 0 Å². The summed E-state index contributed by atoms with van der Waals surface area (Å²) < 4.78 is 26.8. The monoisotopic (exact) mass is 426 g/mol. The molecule has 0 spiro atoms. The van der Waals surface area contributed by atoms with Crippen molar-refractivity contribution in [3.8, 4) is 11.1 Å². The van der Waals surface area contributed by atoms with Crippen LogP contribution in [0.15, 0.2) is 65.7 Å². The van der Waals surface area contributed by atoms with Crippen molar-refractivity contribution in [3.05, 3.63) is 60.8 Å². The van der Waals surface area contributed by atoms with Crippen molar-refractivity contribution < 1.29 is 13.2 Å². The van der Waals surface area contributed by atoms with Gasteiger partial charge >= 0.3 is 6.03 Å². The molecule has 0 fully saturated rings. The van der Waals surface area contributed by atoms with Gasteiger partial charge in [0.15, 0.2) is 15.7 Å². The topological polar surface area (TPSA) is 93.1 Å². The van der Waals surface area contributed by atoms with Crippen molar-refractivity contribution in [2.45, 2.75) is 38.1 Å². The van der Waals surface area contributed by atoms with Gasteiger partial charge in [-0.05, 0) is 38.0 Å². The number of anilines is 2. The van der Waals surface area contributed by atoms with Gasteiger partial charge in [0, 0.05) is 23.9 Å². The average molecular weight is 427 g/mol. The van der Waals surface area contributed by atoms with Gasteiger partial charge in [-0.2, -0.15) is 5.10 Å². The number of amides is 2. The zero-order chi connectivity index (χ0) is 21.7. The lowest BCUT2D eigenvalue weighted by atomic mass is 10.0. The number of rotatable bonds is 7. The Kier molecular flexibility index (Phi) is 6.56. The van der Waals surface area contributed by atoms with Gasteiger partial charge in [-0.15, -0.1) is 0 Å². The van der Waals surface area contributed by atoms with Gasteiger partial charge in [-0.3, -0.25) is 10.00 Å². The average Bonchev–Trinajstić information content (AvgIpc) is 3.17. The third-order valence-corrected chi connectivity index (χ3v) is 6.45. The van der Waals surface area contributed by atoms with Crippen LogP contribution < -0.4 is 10.6 Å². The van der Waals surface area contributed by atoms with Gasteiger partial charge in [0.05, 0.1) is 16.3 Å². The van der Waals surface area contributed by atoms with Crippen LogP contribution in [-0.2, 0) is 9.84 Å². The quantitative estimate of drug-likeness (QED) is 0.558. The maximum Gasteiger partial charge on any atom is 0.324 e. The number of hydrogen-bond donors (Lipinski definition) is 2. The lowest BCUT2D eigenvalue weighted by Gasteiger charge is -2.14. The SMILES string of the molecule is CCCS(=O)(=O)c1ccc(-c2ccccc2)c(NC(=O)Nc2ccn(C(C)C)n2)c1. The van der Waals surface area contributed by atoms with Gasteiger partial charge in [-0.25, -0.2) is 13.2 Å². The van der Waals surface area contributed by atoms with Crippen LogP contribution in [0.5, 0.6) is 0 Å². The lowest BCUT2D eigenvalue weighted by Crippen LogP contribution is -2.21. The molecular weight excluding hydrogens is 400 g/mol. The van der Waals surface area contributed by atoms with E-state index in [9.17, 15) is 13.2 Å². The molecule has 0 aliphatic carbocycles. The Morgan fingerprint density at radius 2 is 1.80 bits per heavy atom. The highest BCUT2D eigenvalue weighted by Gasteiger charge is 2.17. The highest BCUT2D eigenvalue weighted by atomic mass is 32.2. The van der Waals surface area contributed by atoms with Crippen LogP contribution in [0.2, 0.25) is 0 Å². The fraction of sp³-hybridized carbons (Fsp3) is 0.273. The van der Waals surface area contributed by atoms with Gasteiger partial charge in [0.1, 0.15) is 0 Å². The van der Waals surface area contributed by atoms with E-state index in [-0.39, 0.29) is 16.7 Å². The summed E-state index contributed by atoms with van der Waals surface area (Å²) in [6.07, 6.45) is 2.30. The molecule has 0 radical (unpaired) electrons. The number of hydrogen-bond acceptors (Lipinski definition) is 4. The first-order chi connectivity index (χ1) is 14.3. The molecule has 7 nitrogen and oxygen atoms in total. The number of carbonyl (C=O) groups excluding carboxylic acids is 1. The van der Waals surface area contributed by atoms with Crippen molar-refractivity contribution in [3.63, 3.8) is 0 Å². The number of sulfone groups is 1. The summed E-state index contributed by atoms with van der Waals surface area (Å²) >= 11 is 0. The van der Waals surface area contributed by atoms with E-state index < -0.39 is 15.9 Å². The number of carbonyl (C=O) groups is 1. The molecule has 158 valence electrons. The molecule has 0 saturated carbocycles. The van der Waals surface area contributed by atoms with E-state index in [0.717, 1.165) is 11.1 Å². The summed E-state index contributed by atoms with van der Waals surface area (Å²) in [5.41, 5.74) is 2.02. The second kappa shape index (κ2) is 9.13. The molecule has 8 heteroatoms. The first kappa shape index (κ1) is 21.6. The third-order valence-electron chi connectivity index (χ3n) is 4.54. The van der Waals surface area contributed by atoms with Crippen LogP contribution in [0.3, 0.4) is 0 Å². The first-order valence-electron chi connectivity index (χ1n) is 9.85. The second-order valence-corrected chi connectivity index (χ2v) is 9.36. The number of aromatic nitrogens is 2. The van der Waals surface area contributed by atoms with E-state index in [0.29, 0.717) is 17.9 Å². The molecule has 2 amide bonds. The minimum Gasteiger partial charge on any atom is -0.307 e.